The van der Waals surface area contributed by atoms with Crippen molar-refractivity contribution in [3.05, 3.63) is 33.8 Å². The first-order valence-electron chi connectivity index (χ1n) is 7.88. The lowest BCUT2D eigenvalue weighted by atomic mass is 9.98. The Morgan fingerprint density at radius 2 is 2.30 bits per heavy atom. The minimum Gasteiger partial charge on any atom is -0.496 e. The number of hydrogen-bond acceptors (Lipinski definition) is 5. The van der Waals surface area contributed by atoms with E-state index in [0.717, 1.165) is 48.4 Å². The summed E-state index contributed by atoms with van der Waals surface area (Å²) in [4.78, 5) is 20.3. The van der Waals surface area contributed by atoms with Crippen LogP contribution in [0.5, 0.6) is 0 Å². The Morgan fingerprint density at radius 3 is 3.13 bits per heavy atom. The summed E-state index contributed by atoms with van der Waals surface area (Å²) >= 11 is 3.55. The van der Waals surface area contributed by atoms with Gasteiger partial charge in [0, 0.05) is 31.4 Å². The second-order valence-electron chi connectivity index (χ2n) is 6.23. The van der Waals surface area contributed by atoms with Crippen molar-refractivity contribution in [1.82, 2.24) is 9.80 Å². The van der Waals surface area contributed by atoms with Gasteiger partial charge in [-0.2, -0.15) is 0 Å². The Morgan fingerprint density at radius 1 is 1.43 bits per heavy atom. The molecule has 0 aromatic carbocycles. The molecule has 0 saturated carbocycles. The van der Waals surface area contributed by atoms with Gasteiger partial charge in [0.2, 0.25) is 5.96 Å². The predicted octanol–water partition coefficient (Wildman–Crippen LogP) is 2.26. The van der Waals surface area contributed by atoms with E-state index < -0.39 is 5.97 Å². The third-order valence-electron chi connectivity index (χ3n) is 4.80. The molecular weight excluding hydrogens is 362 g/mol. The van der Waals surface area contributed by atoms with Gasteiger partial charge in [0.05, 0.1) is 22.4 Å². The first-order chi connectivity index (χ1) is 11.1. The molecule has 0 amide bonds. The van der Waals surface area contributed by atoms with E-state index in [4.69, 9.17) is 4.74 Å². The number of aliphatic imine (C=N–C) groups is 1. The van der Waals surface area contributed by atoms with Crippen LogP contribution >= 0.6 is 15.9 Å². The highest BCUT2D eigenvalue weighted by atomic mass is 79.9. The number of hydrogen-bond donors (Lipinski definition) is 1. The van der Waals surface area contributed by atoms with E-state index in [1.54, 1.807) is 6.26 Å². The summed E-state index contributed by atoms with van der Waals surface area (Å²) in [6.07, 6.45) is 6.18. The zero-order valence-corrected chi connectivity index (χ0v) is 14.3. The van der Waals surface area contributed by atoms with Crippen molar-refractivity contribution < 1.29 is 14.6 Å². The van der Waals surface area contributed by atoms with Gasteiger partial charge in [-0.3, -0.25) is 4.79 Å². The molecule has 1 atom stereocenters. The van der Waals surface area contributed by atoms with Gasteiger partial charge in [-0.15, -0.1) is 0 Å². The number of carbonyl (C=O) groups is 1. The van der Waals surface area contributed by atoms with Crippen LogP contribution in [0.15, 0.2) is 38.8 Å². The smallest absolute Gasteiger partial charge is 0.308 e. The second-order valence-corrected chi connectivity index (χ2v) is 7.08. The van der Waals surface area contributed by atoms with Crippen molar-refractivity contribution in [2.24, 2.45) is 10.9 Å². The van der Waals surface area contributed by atoms with E-state index in [2.05, 4.69) is 30.7 Å². The lowest BCUT2D eigenvalue weighted by Gasteiger charge is -2.39. The molecule has 4 heterocycles. The Hall–Kier alpha value is -1.76. The quantitative estimate of drug-likeness (QED) is 0.756. The van der Waals surface area contributed by atoms with E-state index in [-0.39, 0.29) is 5.92 Å². The first-order valence-corrected chi connectivity index (χ1v) is 8.68. The van der Waals surface area contributed by atoms with E-state index in [1.807, 2.05) is 6.20 Å². The summed E-state index contributed by atoms with van der Waals surface area (Å²) in [6, 6.07) is 0. The van der Waals surface area contributed by atoms with E-state index in [0.29, 0.717) is 13.2 Å². The lowest BCUT2D eigenvalue weighted by molar-refractivity contribution is -0.143. The number of halogens is 1. The average Bonchev–Trinajstić information content (AvgIpc) is 2.90. The lowest BCUT2D eigenvalue weighted by Crippen LogP contribution is -2.49. The Bertz CT molecular complexity index is 680. The highest BCUT2D eigenvalue weighted by Gasteiger charge is 2.37. The van der Waals surface area contributed by atoms with Crippen molar-refractivity contribution in [2.45, 2.75) is 19.3 Å². The molecule has 4 aliphatic heterocycles. The van der Waals surface area contributed by atoms with Crippen LogP contribution in [0.3, 0.4) is 0 Å². The van der Waals surface area contributed by atoms with Gasteiger partial charge in [-0.1, -0.05) is 0 Å². The summed E-state index contributed by atoms with van der Waals surface area (Å²) < 4.78 is 6.48. The van der Waals surface area contributed by atoms with Crippen molar-refractivity contribution in [3.8, 4) is 0 Å². The number of piperidine rings is 1. The maximum atomic E-state index is 11.3. The molecule has 4 aliphatic rings. The largest absolute Gasteiger partial charge is 0.496 e. The third-order valence-corrected chi connectivity index (χ3v) is 5.42. The molecule has 122 valence electrons. The fourth-order valence-corrected chi connectivity index (χ4v) is 4.09. The minimum atomic E-state index is -0.711. The van der Waals surface area contributed by atoms with E-state index in [1.165, 1.54) is 11.3 Å². The number of guanidine groups is 1. The monoisotopic (exact) mass is 379 g/mol. The number of nitrogens with zero attached hydrogens (tertiary/aromatic N) is 3. The molecule has 0 aromatic rings. The van der Waals surface area contributed by atoms with Crippen LogP contribution in [-0.2, 0) is 9.53 Å². The zero-order valence-electron chi connectivity index (χ0n) is 12.7. The number of carboxylic acids is 1. The van der Waals surface area contributed by atoms with Gasteiger partial charge >= 0.3 is 5.97 Å². The molecular formula is C16H18BrN3O3. The molecule has 7 heteroatoms. The van der Waals surface area contributed by atoms with Crippen LogP contribution < -0.4 is 0 Å². The summed E-state index contributed by atoms with van der Waals surface area (Å²) in [6.45, 7) is 2.87. The number of ether oxygens (including phenoxy) is 1. The van der Waals surface area contributed by atoms with E-state index >= 15 is 0 Å². The molecule has 0 bridgehead atoms. The molecule has 0 aliphatic carbocycles. The molecule has 23 heavy (non-hydrogen) atoms. The van der Waals surface area contributed by atoms with Crippen molar-refractivity contribution in [3.63, 3.8) is 0 Å². The van der Waals surface area contributed by atoms with Crippen molar-refractivity contribution >= 4 is 27.9 Å². The molecule has 0 spiro atoms. The van der Waals surface area contributed by atoms with Crippen LogP contribution in [0.2, 0.25) is 0 Å². The average molecular weight is 380 g/mol. The minimum absolute atomic E-state index is 0.308. The molecule has 1 saturated heterocycles. The maximum Gasteiger partial charge on any atom is 0.308 e. The summed E-state index contributed by atoms with van der Waals surface area (Å²) in [5, 5.41) is 9.31. The predicted molar refractivity (Wildman–Crippen MR) is 88.8 cm³/mol. The highest BCUT2D eigenvalue weighted by Crippen LogP contribution is 2.40. The number of allylic oxidation sites excluding steroid dienone is 1. The second kappa shape index (κ2) is 5.70. The van der Waals surface area contributed by atoms with Gasteiger partial charge in [-0.05, 0) is 40.8 Å². The van der Waals surface area contributed by atoms with Gasteiger partial charge in [0.15, 0.2) is 0 Å². The first kappa shape index (κ1) is 14.8. The van der Waals surface area contributed by atoms with Crippen LogP contribution in [-0.4, -0.2) is 53.1 Å². The Labute approximate surface area is 142 Å². The normalized spacial score (nSPS) is 26.8. The number of aliphatic carboxylic acids is 1. The van der Waals surface area contributed by atoms with Gasteiger partial charge < -0.3 is 19.6 Å². The van der Waals surface area contributed by atoms with Gasteiger partial charge in [0.1, 0.15) is 6.61 Å². The standard InChI is InChI=1S/C16H18BrN3O3/c17-13-9-23-8-11-3-5-20-14(11)12(13)6-18-16(20)19-4-1-2-10(7-19)15(21)22/h6,9-10H,1-5,7-8H2,(H,21,22). The summed E-state index contributed by atoms with van der Waals surface area (Å²) in [7, 11) is 0. The van der Waals surface area contributed by atoms with Crippen LogP contribution in [0.4, 0.5) is 0 Å². The zero-order chi connectivity index (χ0) is 16.0. The Kier molecular flexibility index (Phi) is 3.67. The topological polar surface area (TPSA) is 65.4 Å². The van der Waals surface area contributed by atoms with Crippen LogP contribution in [0, 0.1) is 5.92 Å². The molecule has 1 unspecified atom stereocenters. The molecule has 0 radical (unpaired) electrons. The molecule has 6 nitrogen and oxygen atoms in total. The fourth-order valence-electron chi connectivity index (χ4n) is 3.66. The molecule has 1 N–H and O–H groups in total. The van der Waals surface area contributed by atoms with Crippen LogP contribution in [0.1, 0.15) is 19.3 Å². The van der Waals surface area contributed by atoms with E-state index in [9.17, 15) is 9.90 Å². The number of carboxylic acid groups (broad SMARTS) is 1. The van der Waals surface area contributed by atoms with Crippen molar-refractivity contribution in [2.75, 3.05) is 26.2 Å². The molecule has 0 aromatic heterocycles. The summed E-state index contributed by atoms with van der Waals surface area (Å²) in [5.74, 6) is -0.138. The van der Waals surface area contributed by atoms with Gasteiger partial charge in [0.25, 0.3) is 0 Å². The van der Waals surface area contributed by atoms with Crippen LogP contribution in [0.25, 0.3) is 0 Å². The third kappa shape index (κ3) is 2.47. The number of rotatable bonds is 1. The van der Waals surface area contributed by atoms with Crippen molar-refractivity contribution in [1.29, 1.82) is 0 Å². The van der Waals surface area contributed by atoms with Gasteiger partial charge in [-0.25, -0.2) is 4.99 Å². The SMILES string of the molecule is O=C(O)C1CCCN(C2=NC=C3C(Br)=COCC4=C3N2CC4)C1. The molecule has 1 fully saturated rings. The molecule has 4 rings (SSSR count). The fraction of sp³-hybridized carbons (Fsp3) is 0.500. The maximum absolute atomic E-state index is 11.3. The Balaban J connectivity index is 1.67. The highest BCUT2D eigenvalue weighted by molar-refractivity contribution is 9.12. The summed E-state index contributed by atoms with van der Waals surface area (Å²) in [5.41, 5.74) is 3.50. The number of likely N-dealkylation sites (tertiary alicyclic amines) is 1.